The van der Waals surface area contributed by atoms with E-state index in [1.165, 1.54) is 21.3 Å². The lowest BCUT2D eigenvalue weighted by atomic mass is 10.1. The summed E-state index contributed by atoms with van der Waals surface area (Å²) in [6.07, 6.45) is 3.25. The summed E-state index contributed by atoms with van der Waals surface area (Å²) >= 11 is 1.82. The van der Waals surface area contributed by atoms with Crippen molar-refractivity contribution in [2.24, 2.45) is 5.73 Å². The Kier molecular flexibility index (Phi) is 3.17. The smallest absolute Gasteiger partial charge is 0.0525 e. The number of aryl methyl sites for hydroxylation is 2. The number of hydrogen-bond acceptors (Lipinski definition) is 2. The fourth-order valence-corrected chi connectivity index (χ4v) is 3.08. The maximum Gasteiger partial charge on any atom is 0.0525 e. The SMILES string of the molecule is NCc1cccc2ccn(CCc3cccs3)c12. The van der Waals surface area contributed by atoms with Crippen LogP contribution in [0.4, 0.5) is 0 Å². The standard InChI is InChI=1S/C15H16N2S/c16-11-13-4-1-3-12-6-8-17(15(12)13)9-7-14-5-2-10-18-14/h1-6,8,10H,7,9,11,16H2. The monoisotopic (exact) mass is 256 g/mol. The van der Waals surface area contributed by atoms with Crippen LogP contribution in [0.3, 0.4) is 0 Å². The molecule has 0 fully saturated rings. The summed E-state index contributed by atoms with van der Waals surface area (Å²) in [5.74, 6) is 0. The van der Waals surface area contributed by atoms with Crippen LogP contribution < -0.4 is 5.73 Å². The molecule has 0 amide bonds. The average Bonchev–Trinajstić information content (AvgIpc) is 3.05. The summed E-state index contributed by atoms with van der Waals surface area (Å²) in [4.78, 5) is 1.43. The Bertz CT molecular complexity index is 638. The molecule has 2 nitrogen and oxygen atoms in total. The second-order valence-corrected chi connectivity index (χ2v) is 5.43. The van der Waals surface area contributed by atoms with E-state index < -0.39 is 0 Å². The number of rotatable bonds is 4. The van der Waals surface area contributed by atoms with Gasteiger partial charge in [-0.1, -0.05) is 24.3 Å². The molecule has 92 valence electrons. The van der Waals surface area contributed by atoms with Crippen molar-refractivity contribution in [3.8, 4) is 0 Å². The molecule has 0 saturated heterocycles. The van der Waals surface area contributed by atoms with Crippen LogP contribution in [-0.4, -0.2) is 4.57 Å². The number of thiophene rings is 1. The molecule has 3 heteroatoms. The van der Waals surface area contributed by atoms with Crippen molar-refractivity contribution in [3.05, 3.63) is 58.4 Å². The number of nitrogens with zero attached hydrogens (tertiary/aromatic N) is 1. The lowest BCUT2D eigenvalue weighted by molar-refractivity contribution is 0.726. The molecule has 1 aromatic carbocycles. The topological polar surface area (TPSA) is 30.9 Å². The molecule has 0 unspecified atom stereocenters. The van der Waals surface area contributed by atoms with E-state index >= 15 is 0 Å². The van der Waals surface area contributed by atoms with E-state index in [-0.39, 0.29) is 0 Å². The van der Waals surface area contributed by atoms with Crippen molar-refractivity contribution >= 4 is 22.2 Å². The lowest BCUT2D eigenvalue weighted by Crippen LogP contribution is -2.03. The number of aromatic nitrogens is 1. The first kappa shape index (κ1) is 11.5. The van der Waals surface area contributed by atoms with Gasteiger partial charge in [-0.3, -0.25) is 0 Å². The van der Waals surface area contributed by atoms with Gasteiger partial charge in [0.15, 0.2) is 0 Å². The molecule has 0 spiro atoms. The Hall–Kier alpha value is -1.58. The quantitative estimate of drug-likeness (QED) is 0.762. The zero-order valence-corrected chi connectivity index (χ0v) is 11.0. The van der Waals surface area contributed by atoms with Gasteiger partial charge in [-0.25, -0.2) is 0 Å². The summed E-state index contributed by atoms with van der Waals surface area (Å²) < 4.78 is 2.32. The third-order valence-corrected chi connectivity index (χ3v) is 4.21. The van der Waals surface area contributed by atoms with Crippen LogP contribution in [0.5, 0.6) is 0 Å². The van der Waals surface area contributed by atoms with E-state index in [4.69, 9.17) is 5.73 Å². The van der Waals surface area contributed by atoms with Crippen molar-refractivity contribution in [3.63, 3.8) is 0 Å². The van der Waals surface area contributed by atoms with E-state index in [9.17, 15) is 0 Å². The second-order valence-electron chi connectivity index (χ2n) is 4.40. The highest BCUT2D eigenvalue weighted by Gasteiger charge is 2.05. The Morgan fingerprint density at radius 1 is 1.11 bits per heavy atom. The van der Waals surface area contributed by atoms with Gasteiger partial charge in [0, 0.05) is 24.2 Å². The van der Waals surface area contributed by atoms with Crippen molar-refractivity contribution in [2.75, 3.05) is 0 Å². The average molecular weight is 256 g/mol. The number of hydrogen-bond donors (Lipinski definition) is 1. The molecule has 2 N–H and O–H groups in total. The van der Waals surface area contributed by atoms with Gasteiger partial charge in [0.1, 0.15) is 0 Å². The predicted molar refractivity (Wildman–Crippen MR) is 77.9 cm³/mol. The summed E-state index contributed by atoms with van der Waals surface area (Å²) in [6, 6.07) is 12.8. The minimum Gasteiger partial charge on any atom is -0.347 e. The van der Waals surface area contributed by atoms with Gasteiger partial charge in [0.25, 0.3) is 0 Å². The highest BCUT2D eigenvalue weighted by Crippen LogP contribution is 2.21. The fourth-order valence-electron chi connectivity index (χ4n) is 2.38. The van der Waals surface area contributed by atoms with Gasteiger partial charge >= 0.3 is 0 Å². The molecule has 2 aromatic heterocycles. The largest absolute Gasteiger partial charge is 0.347 e. The van der Waals surface area contributed by atoms with Crippen molar-refractivity contribution in [1.29, 1.82) is 0 Å². The van der Waals surface area contributed by atoms with Crippen LogP contribution in [-0.2, 0) is 19.5 Å². The van der Waals surface area contributed by atoms with E-state index in [1.807, 2.05) is 11.3 Å². The van der Waals surface area contributed by atoms with Crippen LogP contribution in [0.1, 0.15) is 10.4 Å². The number of benzene rings is 1. The van der Waals surface area contributed by atoms with E-state index in [0.717, 1.165) is 13.0 Å². The number of para-hydroxylation sites is 1. The molecule has 0 bridgehead atoms. The van der Waals surface area contributed by atoms with E-state index in [2.05, 4.69) is 52.5 Å². The van der Waals surface area contributed by atoms with Crippen molar-refractivity contribution in [1.82, 2.24) is 4.57 Å². The molecule has 0 atom stereocenters. The summed E-state index contributed by atoms with van der Waals surface area (Å²) in [5.41, 5.74) is 8.34. The molecule has 0 radical (unpaired) electrons. The first-order valence-corrected chi connectivity index (χ1v) is 7.05. The molecular weight excluding hydrogens is 240 g/mol. The van der Waals surface area contributed by atoms with Gasteiger partial charge in [0.2, 0.25) is 0 Å². The Morgan fingerprint density at radius 3 is 2.83 bits per heavy atom. The highest BCUT2D eigenvalue weighted by molar-refractivity contribution is 7.09. The zero-order valence-electron chi connectivity index (χ0n) is 10.2. The highest BCUT2D eigenvalue weighted by atomic mass is 32.1. The van der Waals surface area contributed by atoms with Gasteiger partial charge in [-0.05, 0) is 34.9 Å². The molecule has 3 aromatic rings. The third-order valence-electron chi connectivity index (χ3n) is 3.27. The molecule has 0 saturated carbocycles. The van der Waals surface area contributed by atoms with Crippen LogP contribution in [0, 0.1) is 0 Å². The molecule has 0 aliphatic carbocycles. The first-order chi connectivity index (χ1) is 8.88. The molecule has 18 heavy (non-hydrogen) atoms. The Morgan fingerprint density at radius 2 is 2.06 bits per heavy atom. The lowest BCUT2D eigenvalue weighted by Gasteiger charge is -2.08. The first-order valence-electron chi connectivity index (χ1n) is 6.17. The van der Waals surface area contributed by atoms with Gasteiger partial charge in [-0.15, -0.1) is 11.3 Å². The predicted octanol–water partition coefficient (Wildman–Crippen LogP) is 3.40. The van der Waals surface area contributed by atoms with E-state index in [0.29, 0.717) is 6.54 Å². The van der Waals surface area contributed by atoms with Crippen LogP contribution in [0.2, 0.25) is 0 Å². The zero-order chi connectivity index (χ0) is 12.4. The second kappa shape index (κ2) is 4.96. The van der Waals surface area contributed by atoms with Crippen molar-refractivity contribution in [2.45, 2.75) is 19.5 Å². The summed E-state index contributed by atoms with van der Waals surface area (Å²) in [7, 11) is 0. The maximum atomic E-state index is 5.82. The van der Waals surface area contributed by atoms with Crippen molar-refractivity contribution < 1.29 is 0 Å². The van der Waals surface area contributed by atoms with Crippen LogP contribution in [0.25, 0.3) is 10.9 Å². The van der Waals surface area contributed by atoms with E-state index in [1.54, 1.807) is 0 Å². The maximum absolute atomic E-state index is 5.82. The minimum atomic E-state index is 0.598. The minimum absolute atomic E-state index is 0.598. The molecular formula is C15H16N2S. The summed E-state index contributed by atoms with van der Waals surface area (Å²) in [6.45, 7) is 1.61. The van der Waals surface area contributed by atoms with Gasteiger partial charge in [0.05, 0.1) is 5.52 Å². The summed E-state index contributed by atoms with van der Waals surface area (Å²) in [5, 5.41) is 3.41. The normalized spacial score (nSPS) is 11.2. The Labute approximate surface area is 111 Å². The van der Waals surface area contributed by atoms with Gasteiger partial charge in [-0.2, -0.15) is 0 Å². The molecule has 3 rings (SSSR count). The Balaban J connectivity index is 1.92. The number of nitrogens with two attached hydrogens (primary N) is 1. The van der Waals surface area contributed by atoms with Crippen LogP contribution in [0.15, 0.2) is 48.0 Å². The third kappa shape index (κ3) is 2.07. The van der Waals surface area contributed by atoms with Gasteiger partial charge < -0.3 is 10.3 Å². The molecule has 2 heterocycles. The fraction of sp³-hybridized carbons (Fsp3) is 0.200. The number of fused-ring (bicyclic) bond motifs is 1. The van der Waals surface area contributed by atoms with Crippen LogP contribution >= 0.6 is 11.3 Å². The molecule has 0 aliphatic heterocycles. The molecule has 0 aliphatic rings.